The molecule has 1 atom stereocenters. The molecule has 0 saturated carbocycles. The van der Waals surface area contributed by atoms with Crippen molar-refractivity contribution in [3.05, 3.63) is 42.3 Å². The first kappa shape index (κ1) is 8.94. The fourth-order valence-electron chi connectivity index (χ4n) is 1.61. The molecule has 3 heteroatoms. The first-order valence-electron chi connectivity index (χ1n) is 4.43. The molecule has 0 spiro atoms. The van der Waals surface area contributed by atoms with E-state index in [1.165, 1.54) is 4.90 Å². The summed E-state index contributed by atoms with van der Waals surface area (Å²) in [5.74, 6) is -0.485. The summed E-state index contributed by atoms with van der Waals surface area (Å²) in [6.07, 6.45) is 0. The van der Waals surface area contributed by atoms with Gasteiger partial charge in [0.1, 0.15) is 0 Å². The smallest absolute Gasteiger partial charge is 0.261 e. The molecule has 0 N–H and O–H groups in total. The molecule has 1 heterocycles. The summed E-state index contributed by atoms with van der Waals surface area (Å²) in [5.41, 5.74) is 0.959. The number of hydrogen-bond donors (Lipinski definition) is 0. The summed E-state index contributed by atoms with van der Waals surface area (Å²) < 4.78 is 0. The molecule has 1 radical (unpaired) electrons. The summed E-state index contributed by atoms with van der Waals surface area (Å²) in [4.78, 5) is 24.6. The zero-order valence-electron chi connectivity index (χ0n) is 7.86. The fraction of sp³-hybridized carbons (Fsp3) is 0.182. The molecule has 71 valence electrons. The maximum atomic E-state index is 11.7. The molecular formula is C11H10NO2. The second kappa shape index (κ2) is 2.94. The molecule has 0 saturated heterocycles. The summed E-state index contributed by atoms with van der Waals surface area (Å²) in [5, 5.41) is 0. The Morgan fingerprint density at radius 1 is 1.14 bits per heavy atom. The number of amides is 2. The summed E-state index contributed by atoms with van der Waals surface area (Å²) in [7, 11) is 0. The largest absolute Gasteiger partial charge is 0.272 e. The van der Waals surface area contributed by atoms with Crippen LogP contribution in [0.2, 0.25) is 0 Å². The van der Waals surface area contributed by atoms with Crippen molar-refractivity contribution < 1.29 is 9.59 Å². The summed E-state index contributed by atoms with van der Waals surface area (Å²) in [6.45, 7) is 5.41. The lowest BCUT2D eigenvalue weighted by Gasteiger charge is -2.17. The van der Waals surface area contributed by atoms with Gasteiger partial charge < -0.3 is 0 Å². The molecule has 0 fully saturated rings. The van der Waals surface area contributed by atoms with E-state index >= 15 is 0 Å². The normalized spacial score (nSPS) is 15.2. The molecule has 0 aliphatic carbocycles. The number of nitrogens with zero attached hydrogens (tertiary/aromatic N) is 1. The Labute approximate surface area is 82.3 Å². The van der Waals surface area contributed by atoms with Crippen molar-refractivity contribution in [2.45, 2.75) is 13.0 Å². The number of fused-ring (bicyclic) bond motifs is 1. The highest BCUT2D eigenvalue weighted by Gasteiger charge is 2.36. The third kappa shape index (κ3) is 1.05. The lowest BCUT2D eigenvalue weighted by molar-refractivity contribution is 0.0624. The van der Waals surface area contributed by atoms with Gasteiger partial charge in [0.05, 0.1) is 11.1 Å². The van der Waals surface area contributed by atoms with E-state index in [1.54, 1.807) is 31.2 Å². The van der Waals surface area contributed by atoms with Gasteiger partial charge in [-0.05, 0) is 26.0 Å². The number of benzene rings is 1. The molecule has 1 aliphatic rings. The Balaban J connectivity index is 2.54. The molecule has 14 heavy (non-hydrogen) atoms. The predicted molar refractivity (Wildman–Crippen MR) is 51.8 cm³/mol. The van der Waals surface area contributed by atoms with Crippen LogP contribution >= 0.6 is 0 Å². The Morgan fingerprint density at radius 2 is 1.57 bits per heavy atom. The van der Waals surface area contributed by atoms with Crippen LogP contribution in [-0.4, -0.2) is 22.8 Å². The van der Waals surface area contributed by atoms with Gasteiger partial charge in [0.15, 0.2) is 0 Å². The molecule has 2 amide bonds. The zero-order valence-corrected chi connectivity index (χ0v) is 7.86. The van der Waals surface area contributed by atoms with Crippen molar-refractivity contribution in [3.63, 3.8) is 0 Å². The van der Waals surface area contributed by atoms with Gasteiger partial charge in [0.2, 0.25) is 0 Å². The molecular weight excluding hydrogens is 178 g/mol. The lowest BCUT2D eigenvalue weighted by atomic mass is 10.1. The van der Waals surface area contributed by atoms with Crippen LogP contribution in [0.1, 0.15) is 27.6 Å². The number of rotatable bonds is 1. The lowest BCUT2D eigenvalue weighted by Crippen LogP contribution is -2.36. The third-order valence-electron chi connectivity index (χ3n) is 2.27. The van der Waals surface area contributed by atoms with Crippen LogP contribution in [0, 0.1) is 6.92 Å². The quantitative estimate of drug-likeness (QED) is 0.626. The van der Waals surface area contributed by atoms with Crippen molar-refractivity contribution >= 4 is 11.8 Å². The van der Waals surface area contributed by atoms with Gasteiger partial charge in [-0.2, -0.15) is 0 Å². The van der Waals surface area contributed by atoms with E-state index in [1.807, 2.05) is 0 Å². The van der Waals surface area contributed by atoms with Crippen molar-refractivity contribution in [1.82, 2.24) is 4.90 Å². The van der Waals surface area contributed by atoms with E-state index in [-0.39, 0.29) is 17.9 Å². The van der Waals surface area contributed by atoms with E-state index in [0.29, 0.717) is 11.1 Å². The van der Waals surface area contributed by atoms with Crippen LogP contribution in [0.3, 0.4) is 0 Å². The van der Waals surface area contributed by atoms with Crippen LogP contribution in [0.4, 0.5) is 0 Å². The van der Waals surface area contributed by atoms with E-state index in [2.05, 4.69) is 6.92 Å². The first-order valence-corrected chi connectivity index (χ1v) is 4.43. The van der Waals surface area contributed by atoms with Gasteiger partial charge in [-0.25, -0.2) is 0 Å². The van der Waals surface area contributed by atoms with E-state index in [0.717, 1.165) is 0 Å². The molecule has 0 bridgehead atoms. The SMILES string of the molecule is [CH2][C@@H](C)N1C(=O)c2ccccc2C1=O. The zero-order chi connectivity index (χ0) is 10.3. The average molecular weight is 188 g/mol. The fourth-order valence-corrected chi connectivity index (χ4v) is 1.61. The monoisotopic (exact) mass is 188 g/mol. The maximum absolute atomic E-state index is 11.7. The second-order valence-corrected chi connectivity index (χ2v) is 3.37. The third-order valence-corrected chi connectivity index (χ3v) is 2.27. The highest BCUT2D eigenvalue weighted by atomic mass is 16.2. The molecule has 0 unspecified atom stereocenters. The highest BCUT2D eigenvalue weighted by Crippen LogP contribution is 2.23. The van der Waals surface area contributed by atoms with E-state index in [4.69, 9.17) is 0 Å². The van der Waals surface area contributed by atoms with Gasteiger partial charge in [0.25, 0.3) is 11.8 Å². The average Bonchev–Trinajstić information content (AvgIpc) is 2.41. The van der Waals surface area contributed by atoms with Gasteiger partial charge in [-0.15, -0.1) is 0 Å². The Kier molecular flexibility index (Phi) is 1.88. The molecule has 3 nitrogen and oxygen atoms in total. The van der Waals surface area contributed by atoms with Crippen LogP contribution in [0.5, 0.6) is 0 Å². The number of carbonyl (C=O) groups is 2. The van der Waals surface area contributed by atoms with Crippen molar-refractivity contribution in [1.29, 1.82) is 0 Å². The summed E-state index contributed by atoms with van der Waals surface area (Å²) in [6, 6.07) is 6.50. The minimum absolute atomic E-state index is 0.242. The standard InChI is InChI=1S/C11H10NO2/c1-7(2)12-10(13)8-5-3-4-6-9(8)11(12)14/h3-7H,1H2,2H3/t7-/m0/s1. The predicted octanol–water partition coefficient (Wildman–Crippen LogP) is 1.51. The van der Waals surface area contributed by atoms with Crippen LogP contribution in [0.15, 0.2) is 24.3 Å². The van der Waals surface area contributed by atoms with E-state index < -0.39 is 0 Å². The minimum atomic E-state index is -0.331. The number of imide groups is 1. The van der Waals surface area contributed by atoms with Crippen molar-refractivity contribution in [3.8, 4) is 0 Å². The number of carbonyl (C=O) groups excluding carboxylic acids is 2. The first-order chi connectivity index (χ1) is 6.63. The van der Waals surface area contributed by atoms with Gasteiger partial charge in [-0.1, -0.05) is 12.1 Å². The van der Waals surface area contributed by atoms with Crippen molar-refractivity contribution in [2.75, 3.05) is 0 Å². The maximum Gasteiger partial charge on any atom is 0.261 e. The minimum Gasteiger partial charge on any atom is -0.272 e. The van der Waals surface area contributed by atoms with Gasteiger partial charge in [0, 0.05) is 6.04 Å². The van der Waals surface area contributed by atoms with E-state index in [9.17, 15) is 9.59 Å². The highest BCUT2D eigenvalue weighted by molar-refractivity contribution is 6.21. The van der Waals surface area contributed by atoms with Crippen LogP contribution in [0.25, 0.3) is 0 Å². The molecule has 1 aromatic carbocycles. The number of hydrogen-bond acceptors (Lipinski definition) is 2. The molecule has 2 rings (SSSR count). The van der Waals surface area contributed by atoms with Crippen LogP contribution < -0.4 is 0 Å². The van der Waals surface area contributed by atoms with Gasteiger partial charge in [-0.3, -0.25) is 14.5 Å². The Bertz CT molecular complexity index is 375. The topological polar surface area (TPSA) is 37.4 Å². The summed E-state index contributed by atoms with van der Waals surface area (Å²) >= 11 is 0. The molecule has 1 aromatic rings. The Morgan fingerprint density at radius 3 is 1.93 bits per heavy atom. The second-order valence-electron chi connectivity index (χ2n) is 3.37. The molecule has 1 aliphatic heterocycles. The van der Waals surface area contributed by atoms with Crippen molar-refractivity contribution in [2.24, 2.45) is 0 Å². The van der Waals surface area contributed by atoms with Crippen LogP contribution in [-0.2, 0) is 0 Å². The Hall–Kier alpha value is -1.64. The van der Waals surface area contributed by atoms with Gasteiger partial charge >= 0.3 is 0 Å². The molecule has 0 aromatic heterocycles.